The number of aromatic hydroxyl groups is 3. The molecule has 0 aromatic heterocycles. The zero-order chi connectivity index (χ0) is 14.3. The van der Waals surface area contributed by atoms with Gasteiger partial charge in [-0.25, -0.2) is 4.31 Å². The number of phenolic OH excluding ortho intramolecular Hbond substituents is 3. The molecule has 0 spiro atoms. The molecule has 0 atom stereocenters. The number of halogens is 1. The standard InChI is InChI=1S/C14H12ClNO3S/c15-14-12(19)4-11(18)5-13(14)20-16-6-8-1-2-10(17)3-9(8)7-16/h1-5,17-19H,6-7H2. The van der Waals surface area contributed by atoms with Crippen molar-refractivity contribution < 1.29 is 15.3 Å². The van der Waals surface area contributed by atoms with Gasteiger partial charge in [0.1, 0.15) is 17.2 Å². The van der Waals surface area contributed by atoms with Crippen molar-refractivity contribution in [2.75, 3.05) is 0 Å². The van der Waals surface area contributed by atoms with E-state index in [0.29, 0.717) is 18.0 Å². The van der Waals surface area contributed by atoms with Gasteiger partial charge in [0.2, 0.25) is 0 Å². The van der Waals surface area contributed by atoms with E-state index in [4.69, 9.17) is 11.6 Å². The fraction of sp³-hybridized carbons (Fsp3) is 0.143. The smallest absolute Gasteiger partial charge is 0.139 e. The molecular formula is C14H12ClNO3S. The molecule has 104 valence electrons. The molecule has 6 heteroatoms. The maximum absolute atomic E-state index is 9.61. The third-order valence-corrected chi connectivity index (χ3v) is 4.66. The molecule has 2 aromatic rings. The Bertz CT molecular complexity index is 678. The van der Waals surface area contributed by atoms with E-state index in [1.807, 2.05) is 10.4 Å². The van der Waals surface area contributed by atoms with Crippen molar-refractivity contribution in [3.63, 3.8) is 0 Å². The first kappa shape index (κ1) is 13.4. The minimum atomic E-state index is -0.136. The summed E-state index contributed by atoms with van der Waals surface area (Å²) in [7, 11) is 0. The molecule has 4 nitrogen and oxygen atoms in total. The van der Waals surface area contributed by atoms with Crippen molar-refractivity contribution in [2.24, 2.45) is 0 Å². The summed E-state index contributed by atoms with van der Waals surface area (Å²) in [6.07, 6.45) is 0. The average Bonchev–Trinajstić information content (AvgIpc) is 2.76. The molecule has 0 amide bonds. The topological polar surface area (TPSA) is 63.9 Å². The minimum absolute atomic E-state index is 0.0243. The Morgan fingerprint density at radius 2 is 1.70 bits per heavy atom. The summed E-state index contributed by atoms with van der Waals surface area (Å²) in [5.41, 5.74) is 2.22. The Hall–Kier alpha value is -1.56. The van der Waals surface area contributed by atoms with E-state index < -0.39 is 0 Å². The molecule has 2 aromatic carbocycles. The van der Waals surface area contributed by atoms with E-state index in [-0.39, 0.29) is 22.3 Å². The molecular weight excluding hydrogens is 298 g/mol. The van der Waals surface area contributed by atoms with Crippen LogP contribution in [0, 0.1) is 0 Å². The van der Waals surface area contributed by atoms with Gasteiger partial charge in [0, 0.05) is 24.1 Å². The predicted molar refractivity (Wildman–Crippen MR) is 78.0 cm³/mol. The molecule has 0 saturated carbocycles. The van der Waals surface area contributed by atoms with Gasteiger partial charge in [-0.05, 0) is 41.3 Å². The van der Waals surface area contributed by atoms with Gasteiger partial charge in [0.05, 0.1) is 5.02 Å². The third kappa shape index (κ3) is 2.52. The Balaban J connectivity index is 1.81. The van der Waals surface area contributed by atoms with Crippen LogP contribution in [-0.2, 0) is 13.1 Å². The Labute approximate surface area is 125 Å². The van der Waals surface area contributed by atoms with Crippen molar-refractivity contribution in [3.05, 3.63) is 46.5 Å². The van der Waals surface area contributed by atoms with Gasteiger partial charge in [-0.15, -0.1) is 0 Å². The lowest BCUT2D eigenvalue weighted by Gasteiger charge is -2.15. The molecule has 3 N–H and O–H groups in total. The fourth-order valence-corrected chi connectivity index (χ4v) is 3.44. The van der Waals surface area contributed by atoms with Crippen LogP contribution in [0.25, 0.3) is 0 Å². The summed E-state index contributed by atoms with van der Waals surface area (Å²) in [6, 6.07) is 8.04. The summed E-state index contributed by atoms with van der Waals surface area (Å²) < 4.78 is 2.05. The predicted octanol–water partition coefficient (Wildman–Crippen LogP) is 3.48. The van der Waals surface area contributed by atoms with E-state index in [1.54, 1.807) is 12.1 Å². The highest BCUT2D eigenvalue weighted by atomic mass is 35.5. The summed E-state index contributed by atoms with van der Waals surface area (Å²) in [5.74, 6) is 0.0934. The molecule has 1 heterocycles. The molecule has 0 radical (unpaired) electrons. The van der Waals surface area contributed by atoms with Gasteiger partial charge < -0.3 is 15.3 Å². The summed E-state index contributed by atoms with van der Waals surface area (Å²) in [6.45, 7) is 1.38. The van der Waals surface area contributed by atoms with E-state index in [9.17, 15) is 15.3 Å². The molecule has 0 fully saturated rings. The third-order valence-electron chi connectivity index (χ3n) is 3.12. The average molecular weight is 310 g/mol. The quantitative estimate of drug-likeness (QED) is 0.741. The molecule has 0 bridgehead atoms. The van der Waals surface area contributed by atoms with Crippen LogP contribution in [0.5, 0.6) is 17.2 Å². The summed E-state index contributed by atoms with van der Waals surface area (Å²) in [4.78, 5) is 0.598. The van der Waals surface area contributed by atoms with E-state index in [2.05, 4.69) is 0 Å². The highest BCUT2D eigenvalue weighted by Crippen LogP contribution is 2.41. The Morgan fingerprint density at radius 1 is 0.950 bits per heavy atom. The second-order valence-electron chi connectivity index (χ2n) is 4.62. The molecule has 20 heavy (non-hydrogen) atoms. The normalized spacial score (nSPS) is 14.4. The highest BCUT2D eigenvalue weighted by Gasteiger charge is 2.22. The SMILES string of the molecule is Oc1ccc2c(c1)CN(Sc1cc(O)cc(O)c1Cl)C2. The Morgan fingerprint density at radius 3 is 2.50 bits per heavy atom. The monoisotopic (exact) mass is 309 g/mol. The van der Waals surface area contributed by atoms with Crippen molar-refractivity contribution in [2.45, 2.75) is 18.0 Å². The van der Waals surface area contributed by atoms with Gasteiger partial charge in [0.15, 0.2) is 0 Å². The highest BCUT2D eigenvalue weighted by molar-refractivity contribution is 7.97. The molecule has 0 aliphatic carbocycles. The summed E-state index contributed by atoms with van der Waals surface area (Å²) >= 11 is 7.40. The van der Waals surface area contributed by atoms with Gasteiger partial charge in [-0.1, -0.05) is 17.7 Å². The number of fused-ring (bicyclic) bond motifs is 1. The largest absolute Gasteiger partial charge is 0.508 e. The first-order chi connectivity index (χ1) is 9.52. The van der Waals surface area contributed by atoms with E-state index in [1.165, 1.54) is 24.1 Å². The molecule has 1 aliphatic heterocycles. The van der Waals surface area contributed by atoms with Crippen molar-refractivity contribution >= 4 is 23.5 Å². The van der Waals surface area contributed by atoms with E-state index >= 15 is 0 Å². The Kier molecular flexibility index (Phi) is 3.41. The molecule has 0 saturated heterocycles. The van der Waals surface area contributed by atoms with Crippen LogP contribution in [0.3, 0.4) is 0 Å². The van der Waals surface area contributed by atoms with Crippen LogP contribution in [-0.4, -0.2) is 19.6 Å². The van der Waals surface area contributed by atoms with Crippen molar-refractivity contribution in [3.8, 4) is 17.2 Å². The second kappa shape index (κ2) is 5.09. The number of nitrogens with zero attached hydrogens (tertiary/aromatic N) is 1. The lowest BCUT2D eigenvalue weighted by Crippen LogP contribution is -2.05. The maximum atomic E-state index is 9.61. The number of rotatable bonds is 2. The maximum Gasteiger partial charge on any atom is 0.139 e. The van der Waals surface area contributed by atoms with Gasteiger partial charge in [0.25, 0.3) is 0 Å². The summed E-state index contributed by atoms with van der Waals surface area (Å²) in [5, 5.41) is 28.8. The molecule has 0 unspecified atom stereocenters. The van der Waals surface area contributed by atoms with Crippen LogP contribution >= 0.6 is 23.5 Å². The van der Waals surface area contributed by atoms with Crippen LogP contribution in [0.15, 0.2) is 35.2 Å². The first-order valence-corrected chi connectivity index (χ1v) is 7.13. The lowest BCUT2D eigenvalue weighted by molar-refractivity contribution is 0.447. The zero-order valence-electron chi connectivity index (χ0n) is 10.4. The first-order valence-electron chi connectivity index (χ1n) is 5.98. The second-order valence-corrected chi connectivity index (χ2v) is 6.14. The number of hydrogen-bond donors (Lipinski definition) is 3. The van der Waals surface area contributed by atoms with E-state index in [0.717, 1.165) is 11.1 Å². The minimum Gasteiger partial charge on any atom is -0.508 e. The molecule has 1 aliphatic rings. The lowest BCUT2D eigenvalue weighted by atomic mass is 10.1. The van der Waals surface area contributed by atoms with Crippen LogP contribution in [0.1, 0.15) is 11.1 Å². The van der Waals surface area contributed by atoms with Gasteiger partial charge >= 0.3 is 0 Å². The van der Waals surface area contributed by atoms with Crippen LogP contribution in [0.2, 0.25) is 5.02 Å². The molecule has 3 rings (SSSR count). The fourth-order valence-electron chi connectivity index (χ4n) is 2.19. The van der Waals surface area contributed by atoms with Gasteiger partial charge in [-0.3, -0.25) is 0 Å². The number of phenols is 3. The van der Waals surface area contributed by atoms with Gasteiger partial charge in [-0.2, -0.15) is 0 Å². The zero-order valence-corrected chi connectivity index (χ0v) is 11.9. The number of benzene rings is 2. The van der Waals surface area contributed by atoms with Crippen molar-refractivity contribution in [1.29, 1.82) is 0 Å². The van der Waals surface area contributed by atoms with Crippen molar-refractivity contribution in [1.82, 2.24) is 4.31 Å². The van der Waals surface area contributed by atoms with Crippen LogP contribution in [0.4, 0.5) is 0 Å². The van der Waals surface area contributed by atoms with Crippen LogP contribution < -0.4 is 0 Å². The number of hydrogen-bond acceptors (Lipinski definition) is 5.